The van der Waals surface area contributed by atoms with Gasteiger partial charge in [-0.3, -0.25) is 0 Å². The van der Waals surface area contributed by atoms with Gasteiger partial charge in [0.25, 0.3) is 0 Å². The van der Waals surface area contributed by atoms with Crippen LogP contribution in [0.4, 0.5) is 11.5 Å². The van der Waals surface area contributed by atoms with Crippen molar-refractivity contribution < 1.29 is 14.2 Å². The van der Waals surface area contributed by atoms with Gasteiger partial charge >= 0.3 is 0 Å². The fraction of sp³-hybridized carbons (Fsp3) is 0.111. The Morgan fingerprint density at radius 1 is 0.765 bits per heavy atom. The van der Waals surface area contributed by atoms with Gasteiger partial charge in [0.05, 0.1) is 26.7 Å². The van der Waals surface area contributed by atoms with Crippen LogP contribution in [0.15, 0.2) is 85.3 Å². The van der Waals surface area contributed by atoms with E-state index in [0.717, 1.165) is 33.5 Å². The number of ether oxygens (including phenoxy) is 3. The molecule has 34 heavy (non-hydrogen) atoms. The van der Waals surface area contributed by atoms with Crippen LogP contribution in [0.2, 0.25) is 0 Å². The Morgan fingerprint density at radius 3 is 2.03 bits per heavy atom. The van der Waals surface area contributed by atoms with Gasteiger partial charge in [0.15, 0.2) is 17.1 Å². The van der Waals surface area contributed by atoms with E-state index in [0.29, 0.717) is 23.1 Å². The van der Waals surface area contributed by atoms with E-state index in [2.05, 4.69) is 50.3 Å². The van der Waals surface area contributed by atoms with Crippen molar-refractivity contribution in [2.24, 2.45) is 0 Å². The standard InChI is InChI=1S/C27H24N4O3/c1-32-22-14-19(15-23(33-2)25(22)34-3)30-26-24-21(18-10-6-4-7-11-18)16-31(27(24)29-17-28-26)20-12-8-5-9-13-20/h4-17H,1-3H3,(H,28,29,30). The zero-order valence-corrected chi connectivity index (χ0v) is 19.1. The largest absolute Gasteiger partial charge is 0.493 e. The van der Waals surface area contributed by atoms with E-state index in [9.17, 15) is 0 Å². The molecule has 5 rings (SSSR count). The molecule has 0 fully saturated rings. The Labute approximate surface area is 197 Å². The summed E-state index contributed by atoms with van der Waals surface area (Å²) in [5.74, 6) is 2.32. The Morgan fingerprint density at radius 2 is 1.41 bits per heavy atom. The average molecular weight is 453 g/mol. The maximum atomic E-state index is 5.52. The summed E-state index contributed by atoms with van der Waals surface area (Å²) in [6.07, 6.45) is 3.67. The van der Waals surface area contributed by atoms with E-state index in [-0.39, 0.29) is 0 Å². The number of benzene rings is 3. The Kier molecular flexibility index (Phi) is 5.74. The van der Waals surface area contributed by atoms with Crippen LogP contribution >= 0.6 is 0 Å². The van der Waals surface area contributed by atoms with E-state index < -0.39 is 0 Å². The van der Waals surface area contributed by atoms with Crippen molar-refractivity contribution in [2.45, 2.75) is 0 Å². The van der Waals surface area contributed by atoms with Crippen molar-refractivity contribution in [3.8, 4) is 34.1 Å². The van der Waals surface area contributed by atoms with Crippen LogP contribution in [-0.2, 0) is 0 Å². The van der Waals surface area contributed by atoms with Crippen molar-refractivity contribution in [3.63, 3.8) is 0 Å². The smallest absolute Gasteiger partial charge is 0.203 e. The van der Waals surface area contributed by atoms with Crippen LogP contribution in [0, 0.1) is 0 Å². The Balaban J connectivity index is 1.71. The Hall–Kier alpha value is -4.52. The summed E-state index contributed by atoms with van der Waals surface area (Å²) in [7, 11) is 4.77. The van der Waals surface area contributed by atoms with Gasteiger partial charge in [-0.05, 0) is 17.7 Å². The molecule has 0 unspecified atom stereocenters. The molecule has 0 amide bonds. The fourth-order valence-electron chi connectivity index (χ4n) is 4.07. The molecule has 0 spiro atoms. The monoisotopic (exact) mass is 452 g/mol. The van der Waals surface area contributed by atoms with Crippen molar-refractivity contribution in [1.29, 1.82) is 0 Å². The van der Waals surface area contributed by atoms with Gasteiger partial charge in [-0.25, -0.2) is 9.97 Å². The van der Waals surface area contributed by atoms with E-state index >= 15 is 0 Å². The zero-order chi connectivity index (χ0) is 23.5. The highest BCUT2D eigenvalue weighted by atomic mass is 16.5. The van der Waals surface area contributed by atoms with Gasteiger partial charge < -0.3 is 24.1 Å². The maximum absolute atomic E-state index is 5.52. The third-order valence-corrected chi connectivity index (χ3v) is 5.63. The summed E-state index contributed by atoms with van der Waals surface area (Å²) in [6.45, 7) is 0. The van der Waals surface area contributed by atoms with Crippen LogP contribution in [0.1, 0.15) is 0 Å². The molecule has 5 aromatic rings. The third-order valence-electron chi connectivity index (χ3n) is 5.63. The van der Waals surface area contributed by atoms with Gasteiger partial charge in [-0.2, -0.15) is 0 Å². The van der Waals surface area contributed by atoms with Crippen LogP contribution in [0.25, 0.3) is 27.8 Å². The van der Waals surface area contributed by atoms with Crippen LogP contribution in [0.5, 0.6) is 17.2 Å². The van der Waals surface area contributed by atoms with Crippen LogP contribution < -0.4 is 19.5 Å². The molecule has 1 N–H and O–H groups in total. The molecular weight excluding hydrogens is 428 g/mol. The number of aromatic nitrogens is 3. The minimum Gasteiger partial charge on any atom is -0.493 e. The van der Waals surface area contributed by atoms with Crippen molar-refractivity contribution in [3.05, 3.63) is 85.3 Å². The summed E-state index contributed by atoms with van der Waals surface area (Å²) in [6, 6.07) is 24.1. The first-order valence-corrected chi connectivity index (χ1v) is 10.8. The summed E-state index contributed by atoms with van der Waals surface area (Å²) in [4.78, 5) is 9.24. The van der Waals surface area contributed by atoms with E-state index in [1.807, 2.05) is 48.5 Å². The molecule has 0 aliphatic carbocycles. The van der Waals surface area contributed by atoms with E-state index in [1.165, 1.54) is 0 Å². The van der Waals surface area contributed by atoms with Gasteiger partial charge in [0.1, 0.15) is 12.1 Å². The molecule has 0 atom stereocenters. The quantitative estimate of drug-likeness (QED) is 0.334. The first-order valence-electron chi connectivity index (χ1n) is 10.8. The second-order valence-electron chi connectivity index (χ2n) is 7.57. The molecule has 7 nitrogen and oxygen atoms in total. The number of hydrogen-bond acceptors (Lipinski definition) is 6. The average Bonchev–Trinajstić information content (AvgIpc) is 3.30. The predicted molar refractivity (Wildman–Crippen MR) is 134 cm³/mol. The fourth-order valence-corrected chi connectivity index (χ4v) is 4.07. The number of hydrogen-bond donors (Lipinski definition) is 1. The highest BCUT2D eigenvalue weighted by Gasteiger charge is 2.19. The first-order chi connectivity index (χ1) is 16.7. The molecule has 2 heterocycles. The topological polar surface area (TPSA) is 70.4 Å². The minimum absolute atomic E-state index is 0.531. The maximum Gasteiger partial charge on any atom is 0.203 e. The molecule has 170 valence electrons. The van der Waals surface area contributed by atoms with Crippen LogP contribution in [-0.4, -0.2) is 35.9 Å². The lowest BCUT2D eigenvalue weighted by Crippen LogP contribution is -2.00. The first kappa shape index (κ1) is 21.3. The highest BCUT2D eigenvalue weighted by molar-refractivity contribution is 6.03. The van der Waals surface area contributed by atoms with Crippen molar-refractivity contribution in [2.75, 3.05) is 26.6 Å². The number of methoxy groups -OCH3 is 3. The number of nitrogens with one attached hydrogen (secondary N) is 1. The minimum atomic E-state index is 0.531. The van der Waals surface area contributed by atoms with Gasteiger partial charge in [-0.15, -0.1) is 0 Å². The highest BCUT2D eigenvalue weighted by Crippen LogP contribution is 2.42. The third kappa shape index (κ3) is 3.77. The number of nitrogens with zero attached hydrogens (tertiary/aromatic N) is 3. The number of rotatable bonds is 7. The van der Waals surface area contributed by atoms with E-state index in [1.54, 1.807) is 27.7 Å². The molecule has 0 saturated carbocycles. The van der Waals surface area contributed by atoms with E-state index in [4.69, 9.17) is 14.2 Å². The normalized spacial score (nSPS) is 10.8. The zero-order valence-electron chi connectivity index (χ0n) is 19.1. The summed E-state index contributed by atoms with van der Waals surface area (Å²) in [5.41, 5.74) is 4.67. The summed E-state index contributed by atoms with van der Waals surface area (Å²) < 4.78 is 18.6. The molecule has 2 aromatic heterocycles. The Bertz CT molecular complexity index is 1410. The SMILES string of the molecule is COc1cc(Nc2ncnc3c2c(-c2ccccc2)cn3-c2ccccc2)cc(OC)c1OC. The van der Waals surface area contributed by atoms with Gasteiger partial charge in [0.2, 0.25) is 5.75 Å². The predicted octanol–water partition coefficient (Wildman–Crippen LogP) is 5.86. The second-order valence-corrected chi connectivity index (χ2v) is 7.57. The molecule has 0 radical (unpaired) electrons. The molecule has 0 aliphatic rings. The molecule has 0 aliphatic heterocycles. The lowest BCUT2D eigenvalue weighted by molar-refractivity contribution is 0.324. The molecule has 7 heteroatoms. The summed E-state index contributed by atoms with van der Waals surface area (Å²) in [5, 5.41) is 4.35. The lowest BCUT2D eigenvalue weighted by Gasteiger charge is -2.15. The second kappa shape index (κ2) is 9.15. The molecule has 0 saturated heterocycles. The lowest BCUT2D eigenvalue weighted by atomic mass is 10.1. The van der Waals surface area contributed by atoms with Crippen molar-refractivity contribution in [1.82, 2.24) is 14.5 Å². The van der Waals surface area contributed by atoms with Gasteiger partial charge in [0, 0.05) is 35.3 Å². The molecular formula is C27H24N4O3. The summed E-state index contributed by atoms with van der Waals surface area (Å²) >= 11 is 0. The molecule has 0 bridgehead atoms. The van der Waals surface area contributed by atoms with Crippen molar-refractivity contribution >= 4 is 22.5 Å². The van der Waals surface area contributed by atoms with Gasteiger partial charge in [-0.1, -0.05) is 48.5 Å². The molecule has 3 aromatic carbocycles. The number of para-hydroxylation sites is 1. The number of fused-ring (bicyclic) bond motifs is 1. The number of anilines is 2. The van der Waals surface area contributed by atoms with Crippen LogP contribution in [0.3, 0.4) is 0 Å².